The van der Waals surface area contributed by atoms with E-state index >= 15 is 0 Å². The summed E-state index contributed by atoms with van der Waals surface area (Å²) in [6.07, 6.45) is 12.1. The van der Waals surface area contributed by atoms with E-state index in [9.17, 15) is 29.7 Å². The minimum Gasteiger partial charge on any atom is -0.393 e. The Labute approximate surface area is 227 Å². The molecule has 0 aliphatic carbocycles. The Morgan fingerprint density at radius 2 is 1.00 bits per heavy atom. The highest BCUT2D eigenvalue weighted by Gasteiger charge is 2.63. The second-order valence-electron chi connectivity index (χ2n) is 11.6. The van der Waals surface area contributed by atoms with Crippen LogP contribution in [0.4, 0.5) is 0 Å². The van der Waals surface area contributed by atoms with Gasteiger partial charge in [-0.1, -0.05) is 112 Å². The monoisotopic (exact) mass is 526 g/mol. The van der Waals surface area contributed by atoms with E-state index in [0.717, 1.165) is 70.6 Å². The van der Waals surface area contributed by atoms with Crippen LogP contribution in [0.5, 0.6) is 0 Å². The van der Waals surface area contributed by atoms with Crippen molar-refractivity contribution in [3.8, 4) is 0 Å². The second-order valence-corrected chi connectivity index (χ2v) is 11.6. The Morgan fingerprint density at radius 1 is 0.622 bits per heavy atom. The number of hydrogen-bond donors (Lipinski definition) is 3. The van der Waals surface area contributed by atoms with Crippen molar-refractivity contribution in [3.05, 3.63) is 0 Å². The molecule has 0 aliphatic heterocycles. The van der Waals surface area contributed by atoms with Crippen molar-refractivity contribution < 1.29 is 29.7 Å². The summed E-state index contributed by atoms with van der Waals surface area (Å²) in [4.78, 5) is 40.4. The van der Waals surface area contributed by atoms with Crippen LogP contribution < -0.4 is 0 Å². The van der Waals surface area contributed by atoms with E-state index in [-0.39, 0.29) is 24.7 Å². The Balaban J connectivity index is 5.85. The number of ketones is 3. The van der Waals surface area contributed by atoms with Gasteiger partial charge in [0.1, 0.15) is 0 Å². The van der Waals surface area contributed by atoms with E-state index in [1.165, 1.54) is 0 Å². The standard InChI is InChI=1S/C31H58O6/c1-7-10-13-16-24(4)19-21-27(33)31(37,28(34)22-20-25(5)17-14-11-8-2)30(36,23-32)29(35)26(6)18-15-12-9-3/h24-26,32,36-37H,7-23H2,1-6H3. The molecule has 3 N–H and O–H groups in total. The van der Waals surface area contributed by atoms with Crippen LogP contribution in [0.2, 0.25) is 0 Å². The van der Waals surface area contributed by atoms with Crippen LogP contribution >= 0.6 is 0 Å². The van der Waals surface area contributed by atoms with E-state index in [0.29, 0.717) is 19.3 Å². The Morgan fingerprint density at radius 3 is 1.35 bits per heavy atom. The molecule has 0 saturated heterocycles. The van der Waals surface area contributed by atoms with Gasteiger partial charge in [-0.3, -0.25) is 14.4 Å². The number of aliphatic hydroxyl groups excluding tert-OH is 1. The minimum absolute atomic E-state index is 0.124. The molecule has 4 atom stereocenters. The number of rotatable bonds is 24. The third kappa shape index (κ3) is 11.3. The maximum Gasteiger partial charge on any atom is 0.219 e. The second kappa shape index (κ2) is 19.0. The smallest absolute Gasteiger partial charge is 0.219 e. The molecule has 0 rings (SSSR count). The third-order valence-corrected chi connectivity index (χ3v) is 8.06. The zero-order valence-corrected chi connectivity index (χ0v) is 24.8. The molecular weight excluding hydrogens is 468 g/mol. The summed E-state index contributed by atoms with van der Waals surface area (Å²) in [6.45, 7) is 10.8. The van der Waals surface area contributed by atoms with Gasteiger partial charge in [-0.2, -0.15) is 0 Å². The van der Waals surface area contributed by atoms with E-state index in [2.05, 4.69) is 13.8 Å². The molecule has 6 nitrogen and oxygen atoms in total. The summed E-state index contributed by atoms with van der Waals surface area (Å²) < 4.78 is 0. The van der Waals surface area contributed by atoms with Crippen molar-refractivity contribution in [1.29, 1.82) is 0 Å². The van der Waals surface area contributed by atoms with Crippen LogP contribution in [-0.2, 0) is 14.4 Å². The molecule has 0 radical (unpaired) electrons. The summed E-state index contributed by atoms with van der Waals surface area (Å²) in [5.74, 6) is -2.83. The maximum absolute atomic E-state index is 13.5. The Bertz CT molecular complexity index is 628. The molecule has 0 saturated carbocycles. The lowest BCUT2D eigenvalue weighted by atomic mass is 9.69. The molecule has 0 spiro atoms. The Hall–Kier alpha value is -1.11. The summed E-state index contributed by atoms with van der Waals surface area (Å²) in [5.41, 5.74) is -5.78. The Kier molecular flexibility index (Phi) is 18.5. The number of unbranched alkanes of at least 4 members (excludes halogenated alkanes) is 6. The zero-order chi connectivity index (χ0) is 28.5. The highest BCUT2D eigenvalue weighted by atomic mass is 16.4. The van der Waals surface area contributed by atoms with Crippen LogP contribution in [0.3, 0.4) is 0 Å². The van der Waals surface area contributed by atoms with Crippen molar-refractivity contribution in [2.45, 2.75) is 155 Å². The quantitative estimate of drug-likeness (QED) is 0.0997. The first-order chi connectivity index (χ1) is 17.5. The first kappa shape index (κ1) is 35.9. The van der Waals surface area contributed by atoms with E-state index in [4.69, 9.17) is 0 Å². The van der Waals surface area contributed by atoms with Gasteiger partial charge in [-0.05, 0) is 31.1 Å². The normalized spacial score (nSPS) is 17.4. The van der Waals surface area contributed by atoms with Crippen LogP contribution in [0.15, 0.2) is 0 Å². The van der Waals surface area contributed by atoms with Gasteiger partial charge in [0.2, 0.25) is 5.60 Å². The fourth-order valence-electron chi connectivity index (χ4n) is 5.12. The number of carbonyl (C=O) groups excluding carboxylic acids is 3. The van der Waals surface area contributed by atoms with Crippen LogP contribution in [-0.4, -0.2) is 50.5 Å². The molecule has 4 unspecified atom stereocenters. The van der Waals surface area contributed by atoms with Crippen molar-refractivity contribution in [2.75, 3.05) is 6.61 Å². The highest BCUT2D eigenvalue weighted by Crippen LogP contribution is 2.34. The lowest BCUT2D eigenvalue weighted by Gasteiger charge is -2.40. The van der Waals surface area contributed by atoms with Crippen molar-refractivity contribution >= 4 is 17.3 Å². The molecule has 0 aromatic heterocycles. The third-order valence-electron chi connectivity index (χ3n) is 8.06. The SMILES string of the molecule is CCCCCC(C)CCC(=O)C(O)(C(=O)CCC(C)CCCCC)C(O)(CO)C(=O)C(C)CCCCC. The number of aliphatic hydroxyl groups is 3. The van der Waals surface area contributed by atoms with Gasteiger partial charge in [-0.15, -0.1) is 0 Å². The highest BCUT2D eigenvalue weighted by molar-refractivity contribution is 6.16. The zero-order valence-electron chi connectivity index (χ0n) is 24.8. The lowest BCUT2D eigenvalue weighted by molar-refractivity contribution is -0.196. The van der Waals surface area contributed by atoms with Gasteiger partial charge in [0, 0.05) is 18.8 Å². The van der Waals surface area contributed by atoms with Crippen LogP contribution in [0.25, 0.3) is 0 Å². The summed E-state index contributed by atoms with van der Waals surface area (Å²) in [5, 5.41) is 33.4. The molecule has 0 heterocycles. The van der Waals surface area contributed by atoms with Crippen LogP contribution in [0, 0.1) is 17.8 Å². The van der Waals surface area contributed by atoms with E-state index in [1.807, 2.05) is 20.8 Å². The number of carbonyl (C=O) groups is 3. The van der Waals surface area contributed by atoms with Gasteiger partial charge < -0.3 is 15.3 Å². The first-order valence-electron chi connectivity index (χ1n) is 15.1. The molecule has 6 heteroatoms. The molecule has 0 amide bonds. The molecule has 0 aromatic carbocycles. The van der Waals surface area contributed by atoms with E-state index < -0.39 is 41.1 Å². The van der Waals surface area contributed by atoms with Crippen molar-refractivity contribution in [2.24, 2.45) is 17.8 Å². The van der Waals surface area contributed by atoms with Gasteiger partial charge >= 0.3 is 0 Å². The van der Waals surface area contributed by atoms with Crippen molar-refractivity contribution in [1.82, 2.24) is 0 Å². The average molecular weight is 527 g/mol. The fraction of sp³-hybridized carbons (Fsp3) is 0.903. The van der Waals surface area contributed by atoms with Gasteiger partial charge in [0.25, 0.3) is 0 Å². The molecule has 37 heavy (non-hydrogen) atoms. The van der Waals surface area contributed by atoms with Crippen LogP contribution in [0.1, 0.15) is 144 Å². The molecule has 0 aromatic rings. The fourth-order valence-corrected chi connectivity index (χ4v) is 5.12. The average Bonchev–Trinajstić information content (AvgIpc) is 2.89. The predicted octanol–water partition coefficient (Wildman–Crippen LogP) is 6.36. The topological polar surface area (TPSA) is 112 Å². The number of hydrogen-bond acceptors (Lipinski definition) is 6. The molecule has 218 valence electrons. The predicted molar refractivity (Wildman–Crippen MR) is 150 cm³/mol. The van der Waals surface area contributed by atoms with Crippen molar-refractivity contribution in [3.63, 3.8) is 0 Å². The summed E-state index contributed by atoms with van der Waals surface area (Å²) in [7, 11) is 0. The largest absolute Gasteiger partial charge is 0.393 e. The minimum atomic E-state index is -2.94. The molecule has 0 bridgehead atoms. The molecular formula is C31H58O6. The van der Waals surface area contributed by atoms with E-state index in [1.54, 1.807) is 6.92 Å². The van der Waals surface area contributed by atoms with Gasteiger partial charge in [0.15, 0.2) is 23.0 Å². The lowest BCUT2D eigenvalue weighted by Crippen LogP contribution is -2.70. The first-order valence-corrected chi connectivity index (χ1v) is 15.1. The maximum atomic E-state index is 13.5. The summed E-state index contributed by atoms with van der Waals surface area (Å²) >= 11 is 0. The van der Waals surface area contributed by atoms with Gasteiger partial charge in [-0.25, -0.2) is 0 Å². The summed E-state index contributed by atoms with van der Waals surface area (Å²) in [6, 6.07) is 0. The number of Topliss-reactive ketones (excluding diaryl/α,β-unsaturated/α-hetero) is 3. The molecule has 0 aliphatic rings. The molecule has 0 fully saturated rings. The van der Waals surface area contributed by atoms with Gasteiger partial charge in [0.05, 0.1) is 6.61 Å².